The standard InChI is InChI=1S/C16H22N2O/c1-3-19-12-6-10-15(17-2)14-9-4-7-13-8-5-11-18-16(13)14/h4-5,7-9,11,15,17H,3,6,10,12H2,1-2H3. The predicted molar refractivity (Wildman–Crippen MR) is 79.3 cm³/mol. The molecule has 0 saturated carbocycles. The fourth-order valence-corrected chi connectivity index (χ4v) is 2.40. The van der Waals surface area contributed by atoms with E-state index in [1.165, 1.54) is 10.9 Å². The van der Waals surface area contributed by atoms with Crippen LogP contribution in [0.1, 0.15) is 31.4 Å². The van der Waals surface area contributed by atoms with E-state index in [0.717, 1.165) is 31.6 Å². The second-order valence-electron chi connectivity index (χ2n) is 4.60. The number of pyridine rings is 1. The van der Waals surface area contributed by atoms with Crippen LogP contribution in [0.3, 0.4) is 0 Å². The summed E-state index contributed by atoms with van der Waals surface area (Å²) in [4.78, 5) is 4.52. The first-order chi connectivity index (χ1) is 9.36. The smallest absolute Gasteiger partial charge is 0.0749 e. The highest BCUT2D eigenvalue weighted by atomic mass is 16.5. The molecule has 102 valence electrons. The van der Waals surface area contributed by atoms with Gasteiger partial charge in [0.15, 0.2) is 0 Å². The van der Waals surface area contributed by atoms with Crippen LogP contribution in [0.4, 0.5) is 0 Å². The Morgan fingerprint density at radius 1 is 1.26 bits per heavy atom. The Morgan fingerprint density at radius 2 is 2.11 bits per heavy atom. The van der Waals surface area contributed by atoms with Crippen molar-refractivity contribution in [3.63, 3.8) is 0 Å². The summed E-state index contributed by atoms with van der Waals surface area (Å²) < 4.78 is 5.41. The molecule has 1 unspecified atom stereocenters. The highest BCUT2D eigenvalue weighted by molar-refractivity contribution is 5.81. The summed E-state index contributed by atoms with van der Waals surface area (Å²) in [5.74, 6) is 0. The molecule has 0 saturated heterocycles. The third-order valence-electron chi connectivity index (χ3n) is 3.37. The van der Waals surface area contributed by atoms with Gasteiger partial charge in [-0.2, -0.15) is 0 Å². The van der Waals surface area contributed by atoms with Crippen molar-refractivity contribution in [1.82, 2.24) is 10.3 Å². The van der Waals surface area contributed by atoms with E-state index in [2.05, 4.69) is 34.6 Å². The molecular formula is C16H22N2O. The third kappa shape index (κ3) is 3.52. The molecule has 0 amide bonds. The molecule has 0 bridgehead atoms. The van der Waals surface area contributed by atoms with Gasteiger partial charge >= 0.3 is 0 Å². The summed E-state index contributed by atoms with van der Waals surface area (Å²) in [5.41, 5.74) is 2.37. The summed E-state index contributed by atoms with van der Waals surface area (Å²) >= 11 is 0. The molecule has 19 heavy (non-hydrogen) atoms. The first-order valence-electron chi connectivity index (χ1n) is 6.95. The maximum atomic E-state index is 5.41. The van der Waals surface area contributed by atoms with Crippen LogP contribution in [0, 0.1) is 0 Å². The van der Waals surface area contributed by atoms with Crippen LogP contribution in [0.2, 0.25) is 0 Å². The molecule has 2 aromatic rings. The fourth-order valence-electron chi connectivity index (χ4n) is 2.40. The molecular weight excluding hydrogens is 236 g/mol. The van der Waals surface area contributed by atoms with E-state index in [1.807, 2.05) is 26.2 Å². The SMILES string of the molecule is CCOCCCC(NC)c1cccc2cccnc12. The van der Waals surface area contributed by atoms with E-state index in [4.69, 9.17) is 4.74 Å². The van der Waals surface area contributed by atoms with Crippen molar-refractivity contribution >= 4 is 10.9 Å². The summed E-state index contributed by atoms with van der Waals surface area (Å²) in [6.45, 7) is 3.65. The zero-order chi connectivity index (χ0) is 13.5. The normalized spacial score (nSPS) is 12.7. The van der Waals surface area contributed by atoms with Crippen molar-refractivity contribution < 1.29 is 4.74 Å². The highest BCUT2D eigenvalue weighted by Gasteiger charge is 2.12. The second kappa shape index (κ2) is 7.22. The molecule has 0 aliphatic carbocycles. The monoisotopic (exact) mass is 258 g/mol. The quantitative estimate of drug-likeness (QED) is 0.774. The molecule has 2 rings (SSSR count). The van der Waals surface area contributed by atoms with Crippen molar-refractivity contribution in [2.24, 2.45) is 0 Å². The zero-order valence-corrected chi connectivity index (χ0v) is 11.7. The molecule has 1 heterocycles. The van der Waals surface area contributed by atoms with Crippen LogP contribution >= 0.6 is 0 Å². The molecule has 0 aliphatic rings. The lowest BCUT2D eigenvalue weighted by Crippen LogP contribution is -2.17. The maximum absolute atomic E-state index is 5.41. The number of ether oxygens (including phenoxy) is 1. The Bertz CT molecular complexity index is 508. The van der Waals surface area contributed by atoms with Gasteiger partial charge in [0.2, 0.25) is 0 Å². The molecule has 0 fully saturated rings. The van der Waals surface area contributed by atoms with Gasteiger partial charge in [-0.1, -0.05) is 24.3 Å². The van der Waals surface area contributed by atoms with Crippen molar-refractivity contribution in [2.75, 3.05) is 20.3 Å². The number of hydrogen-bond acceptors (Lipinski definition) is 3. The minimum absolute atomic E-state index is 0.332. The van der Waals surface area contributed by atoms with Crippen LogP contribution in [0.5, 0.6) is 0 Å². The largest absolute Gasteiger partial charge is 0.382 e. The number of nitrogens with one attached hydrogen (secondary N) is 1. The predicted octanol–water partition coefficient (Wildman–Crippen LogP) is 3.31. The van der Waals surface area contributed by atoms with Gasteiger partial charge < -0.3 is 10.1 Å². The average Bonchev–Trinajstić information content (AvgIpc) is 2.47. The van der Waals surface area contributed by atoms with E-state index < -0.39 is 0 Å². The maximum Gasteiger partial charge on any atom is 0.0749 e. The van der Waals surface area contributed by atoms with Gasteiger partial charge in [-0.25, -0.2) is 0 Å². The van der Waals surface area contributed by atoms with Gasteiger partial charge in [0.1, 0.15) is 0 Å². The number of nitrogens with zero attached hydrogens (tertiary/aromatic N) is 1. The first-order valence-corrected chi connectivity index (χ1v) is 6.95. The highest BCUT2D eigenvalue weighted by Crippen LogP contribution is 2.25. The van der Waals surface area contributed by atoms with Gasteiger partial charge in [0.25, 0.3) is 0 Å². The number of hydrogen-bond donors (Lipinski definition) is 1. The van der Waals surface area contributed by atoms with Crippen molar-refractivity contribution in [2.45, 2.75) is 25.8 Å². The summed E-state index contributed by atoms with van der Waals surface area (Å²) in [5, 5.41) is 4.59. The molecule has 1 aromatic carbocycles. The van der Waals surface area contributed by atoms with Crippen LogP contribution in [0.15, 0.2) is 36.5 Å². The molecule has 1 atom stereocenters. The minimum Gasteiger partial charge on any atom is -0.382 e. The average molecular weight is 258 g/mol. The van der Waals surface area contributed by atoms with Gasteiger partial charge in [0, 0.05) is 30.8 Å². The minimum atomic E-state index is 0.332. The van der Waals surface area contributed by atoms with Crippen molar-refractivity contribution in [1.29, 1.82) is 0 Å². The van der Waals surface area contributed by atoms with Crippen LogP contribution in [-0.4, -0.2) is 25.2 Å². The molecule has 1 aromatic heterocycles. The summed E-state index contributed by atoms with van der Waals surface area (Å²) in [6.07, 6.45) is 3.98. The van der Waals surface area contributed by atoms with E-state index in [0.29, 0.717) is 6.04 Å². The zero-order valence-electron chi connectivity index (χ0n) is 11.7. The molecule has 0 aliphatic heterocycles. The first kappa shape index (κ1) is 14.0. The summed E-state index contributed by atoms with van der Waals surface area (Å²) in [7, 11) is 2.01. The second-order valence-corrected chi connectivity index (χ2v) is 4.60. The Morgan fingerprint density at radius 3 is 2.89 bits per heavy atom. The van der Waals surface area contributed by atoms with E-state index >= 15 is 0 Å². The Hall–Kier alpha value is -1.45. The van der Waals surface area contributed by atoms with Crippen LogP contribution in [-0.2, 0) is 4.74 Å². The molecule has 0 radical (unpaired) electrons. The Labute approximate surface area is 115 Å². The number of benzene rings is 1. The van der Waals surface area contributed by atoms with Crippen molar-refractivity contribution in [3.8, 4) is 0 Å². The van der Waals surface area contributed by atoms with Crippen molar-refractivity contribution in [3.05, 3.63) is 42.1 Å². The van der Waals surface area contributed by atoms with E-state index in [1.54, 1.807) is 0 Å². The third-order valence-corrected chi connectivity index (χ3v) is 3.37. The van der Waals surface area contributed by atoms with E-state index in [-0.39, 0.29) is 0 Å². The molecule has 3 nitrogen and oxygen atoms in total. The fraction of sp³-hybridized carbons (Fsp3) is 0.438. The van der Waals surface area contributed by atoms with Crippen LogP contribution in [0.25, 0.3) is 10.9 Å². The Balaban J connectivity index is 2.16. The van der Waals surface area contributed by atoms with Gasteiger partial charge in [-0.15, -0.1) is 0 Å². The lowest BCUT2D eigenvalue weighted by Gasteiger charge is -2.18. The number of aromatic nitrogens is 1. The topological polar surface area (TPSA) is 34.1 Å². The molecule has 1 N–H and O–H groups in total. The van der Waals surface area contributed by atoms with E-state index in [9.17, 15) is 0 Å². The Kier molecular flexibility index (Phi) is 5.31. The lowest BCUT2D eigenvalue weighted by atomic mass is 9.99. The molecule has 3 heteroatoms. The number of rotatable bonds is 7. The lowest BCUT2D eigenvalue weighted by molar-refractivity contribution is 0.141. The van der Waals surface area contributed by atoms with Gasteiger partial charge in [-0.3, -0.25) is 4.98 Å². The summed E-state index contributed by atoms with van der Waals surface area (Å²) in [6, 6.07) is 10.8. The molecule has 0 spiro atoms. The van der Waals surface area contributed by atoms with Gasteiger partial charge in [0.05, 0.1) is 5.52 Å². The number of para-hydroxylation sites is 1. The van der Waals surface area contributed by atoms with Crippen LogP contribution < -0.4 is 5.32 Å². The number of fused-ring (bicyclic) bond motifs is 1. The van der Waals surface area contributed by atoms with Gasteiger partial charge in [-0.05, 0) is 38.4 Å².